The summed E-state index contributed by atoms with van der Waals surface area (Å²) in [7, 11) is 0. The number of ether oxygens (including phenoxy) is 2. The summed E-state index contributed by atoms with van der Waals surface area (Å²) < 4.78 is 11.3. The van der Waals surface area contributed by atoms with E-state index in [0.29, 0.717) is 0 Å². The van der Waals surface area contributed by atoms with Crippen molar-refractivity contribution in [3.05, 3.63) is 66.0 Å². The van der Waals surface area contributed by atoms with Crippen molar-refractivity contribution in [2.75, 3.05) is 6.54 Å². The van der Waals surface area contributed by atoms with Crippen molar-refractivity contribution in [1.29, 1.82) is 0 Å². The molecule has 0 saturated carbocycles. The minimum atomic E-state index is -0.768. The molecule has 1 aromatic carbocycles. The fourth-order valence-electron chi connectivity index (χ4n) is 3.33. The topological polar surface area (TPSA) is 89.0 Å². The third-order valence-electron chi connectivity index (χ3n) is 4.53. The second kappa shape index (κ2) is 8.61. The second-order valence-electron chi connectivity index (χ2n) is 8.04. The summed E-state index contributed by atoms with van der Waals surface area (Å²) in [6.07, 6.45) is -0.258. The van der Waals surface area contributed by atoms with E-state index in [1.807, 2.05) is 30.3 Å². The molecule has 2 aromatic rings. The number of aliphatic hydroxyl groups excluding tert-OH is 1. The Morgan fingerprint density at radius 3 is 2.45 bits per heavy atom. The average molecular weight is 398 g/mol. The fourth-order valence-corrected chi connectivity index (χ4v) is 3.33. The minimum absolute atomic E-state index is 0.115. The fraction of sp³-hybridized carbons (Fsp3) is 0.409. The van der Waals surface area contributed by atoms with E-state index < -0.39 is 35.9 Å². The molecule has 1 unspecified atom stereocenters. The van der Waals surface area contributed by atoms with Gasteiger partial charge in [0, 0.05) is 6.20 Å². The van der Waals surface area contributed by atoms with Gasteiger partial charge in [-0.15, -0.1) is 0 Å². The molecule has 0 aliphatic carbocycles. The number of aromatic nitrogens is 1. The SMILES string of the molecule is CC(C)(C)OC(=O)N1C[C@H](O)CC1[C@H](OC(=O)c1ccccn1)c1ccccc1. The van der Waals surface area contributed by atoms with Gasteiger partial charge in [0.15, 0.2) is 0 Å². The predicted octanol–water partition coefficient (Wildman–Crippen LogP) is 3.35. The van der Waals surface area contributed by atoms with Gasteiger partial charge in [-0.05, 0) is 44.9 Å². The molecule has 29 heavy (non-hydrogen) atoms. The van der Waals surface area contributed by atoms with Crippen molar-refractivity contribution in [3.63, 3.8) is 0 Å². The van der Waals surface area contributed by atoms with Gasteiger partial charge < -0.3 is 14.6 Å². The van der Waals surface area contributed by atoms with Gasteiger partial charge in [-0.2, -0.15) is 0 Å². The zero-order chi connectivity index (χ0) is 21.0. The molecule has 1 aliphatic heterocycles. The Hall–Kier alpha value is -2.93. The molecule has 3 rings (SSSR count). The predicted molar refractivity (Wildman–Crippen MR) is 106 cm³/mol. The van der Waals surface area contributed by atoms with E-state index in [1.54, 1.807) is 39.0 Å². The van der Waals surface area contributed by atoms with Crippen LogP contribution in [0.25, 0.3) is 0 Å². The number of aliphatic hydroxyl groups is 1. The summed E-state index contributed by atoms with van der Waals surface area (Å²) in [4.78, 5) is 30.9. The van der Waals surface area contributed by atoms with Crippen molar-refractivity contribution < 1.29 is 24.2 Å². The molecule has 0 spiro atoms. The molecule has 154 valence electrons. The van der Waals surface area contributed by atoms with Gasteiger partial charge in [0.2, 0.25) is 0 Å². The maximum absolute atomic E-state index is 12.7. The highest BCUT2D eigenvalue weighted by atomic mass is 16.6. The summed E-state index contributed by atoms with van der Waals surface area (Å²) in [6, 6.07) is 13.6. The standard InChI is InChI=1S/C22H26N2O5/c1-22(2,3)29-21(27)24-14-16(25)13-18(24)19(15-9-5-4-6-10-15)28-20(26)17-11-7-8-12-23-17/h4-12,16,18-19,25H,13-14H2,1-3H3/t16-,18?,19-/m1/s1. The van der Waals surface area contributed by atoms with E-state index in [2.05, 4.69) is 4.98 Å². The Morgan fingerprint density at radius 2 is 1.83 bits per heavy atom. The molecule has 1 aromatic heterocycles. The Labute approximate surface area is 170 Å². The molecule has 1 N–H and O–H groups in total. The summed E-state index contributed by atoms with van der Waals surface area (Å²) in [6.45, 7) is 5.45. The number of benzene rings is 1. The normalized spacial score (nSPS) is 20.2. The number of hydrogen-bond acceptors (Lipinski definition) is 6. The highest BCUT2D eigenvalue weighted by Crippen LogP contribution is 2.34. The monoisotopic (exact) mass is 398 g/mol. The van der Waals surface area contributed by atoms with Crippen LogP contribution >= 0.6 is 0 Å². The number of β-amino-alcohol motifs (C(OH)–C–C–N with tert-alkyl or cyclic N) is 1. The number of hydrogen-bond donors (Lipinski definition) is 1. The first-order chi connectivity index (χ1) is 13.7. The lowest BCUT2D eigenvalue weighted by Crippen LogP contribution is -2.43. The second-order valence-corrected chi connectivity index (χ2v) is 8.04. The highest BCUT2D eigenvalue weighted by molar-refractivity contribution is 5.87. The summed E-state index contributed by atoms with van der Waals surface area (Å²) in [5.74, 6) is -0.593. The zero-order valence-electron chi connectivity index (χ0n) is 16.8. The number of amides is 1. The average Bonchev–Trinajstić information content (AvgIpc) is 3.07. The summed E-state index contributed by atoms with van der Waals surface area (Å²) in [5.41, 5.74) is 0.224. The third-order valence-corrected chi connectivity index (χ3v) is 4.53. The molecule has 0 bridgehead atoms. The number of carbonyl (C=O) groups is 2. The first-order valence-electron chi connectivity index (χ1n) is 9.59. The van der Waals surface area contributed by atoms with Crippen molar-refractivity contribution in [3.8, 4) is 0 Å². The number of pyridine rings is 1. The van der Waals surface area contributed by atoms with E-state index >= 15 is 0 Å². The van der Waals surface area contributed by atoms with Gasteiger partial charge in [0.05, 0.1) is 18.7 Å². The maximum Gasteiger partial charge on any atom is 0.410 e. The van der Waals surface area contributed by atoms with Crippen LogP contribution in [0.2, 0.25) is 0 Å². The molecule has 2 heterocycles. The van der Waals surface area contributed by atoms with E-state index in [1.165, 1.54) is 11.1 Å². The van der Waals surface area contributed by atoms with E-state index in [-0.39, 0.29) is 18.7 Å². The van der Waals surface area contributed by atoms with Crippen LogP contribution in [0.1, 0.15) is 49.3 Å². The van der Waals surface area contributed by atoms with Crippen molar-refractivity contribution >= 4 is 12.1 Å². The molecule has 1 saturated heterocycles. The van der Waals surface area contributed by atoms with Crippen molar-refractivity contribution in [2.45, 2.75) is 51.0 Å². The lowest BCUT2D eigenvalue weighted by molar-refractivity contribution is -0.0121. The van der Waals surface area contributed by atoms with Gasteiger partial charge in [-0.25, -0.2) is 14.6 Å². The third kappa shape index (κ3) is 5.32. The Morgan fingerprint density at radius 1 is 1.14 bits per heavy atom. The number of nitrogens with zero attached hydrogens (tertiary/aromatic N) is 2. The van der Waals surface area contributed by atoms with Gasteiger partial charge in [-0.1, -0.05) is 36.4 Å². The zero-order valence-corrected chi connectivity index (χ0v) is 16.8. The van der Waals surface area contributed by atoms with Crippen LogP contribution in [-0.4, -0.2) is 51.3 Å². The van der Waals surface area contributed by atoms with Crippen LogP contribution in [-0.2, 0) is 9.47 Å². The number of likely N-dealkylation sites (tertiary alicyclic amines) is 1. The van der Waals surface area contributed by atoms with Crippen molar-refractivity contribution in [1.82, 2.24) is 9.88 Å². The van der Waals surface area contributed by atoms with Crippen LogP contribution < -0.4 is 0 Å². The van der Waals surface area contributed by atoms with Crippen LogP contribution in [0.3, 0.4) is 0 Å². The molecule has 1 amide bonds. The highest BCUT2D eigenvalue weighted by Gasteiger charge is 2.43. The molecule has 1 fully saturated rings. The Bertz CT molecular complexity index is 835. The first-order valence-corrected chi connectivity index (χ1v) is 9.59. The van der Waals surface area contributed by atoms with Gasteiger partial charge in [0.1, 0.15) is 17.4 Å². The Balaban J connectivity index is 1.90. The molecule has 7 heteroatoms. The smallest absolute Gasteiger partial charge is 0.410 e. The summed E-state index contributed by atoms with van der Waals surface area (Å²) >= 11 is 0. The van der Waals surface area contributed by atoms with E-state index in [9.17, 15) is 14.7 Å². The molecule has 3 atom stereocenters. The minimum Gasteiger partial charge on any atom is -0.451 e. The van der Waals surface area contributed by atoms with Crippen LogP contribution in [0.5, 0.6) is 0 Å². The lowest BCUT2D eigenvalue weighted by atomic mass is 9.99. The van der Waals surface area contributed by atoms with Gasteiger partial charge >= 0.3 is 12.1 Å². The Kier molecular flexibility index (Phi) is 6.17. The number of esters is 1. The van der Waals surface area contributed by atoms with Gasteiger partial charge in [-0.3, -0.25) is 4.90 Å². The molecular formula is C22H26N2O5. The van der Waals surface area contributed by atoms with E-state index in [0.717, 1.165) is 5.56 Å². The van der Waals surface area contributed by atoms with E-state index in [4.69, 9.17) is 9.47 Å². The molecule has 1 aliphatic rings. The number of carbonyl (C=O) groups excluding carboxylic acids is 2. The first kappa shape index (κ1) is 20.8. The quantitative estimate of drug-likeness (QED) is 0.795. The summed E-state index contributed by atoms with van der Waals surface area (Å²) in [5, 5.41) is 10.3. The number of rotatable bonds is 4. The van der Waals surface area contributed by atoms with Crippen molar-refractivity contribution in [2.24, 2.45) is 0 Å². The maximum atomic E-state index is 12.7. The van der Waals surface area contributed by atoms with Gasteiger partial charge in [0.25, 0.3) is 0 Å². The van der Waals surface area contributed by atoms with Crippen LogP contribution in [0.4, 0.5) is 4.79 Å². The molecule has 7 nitrogen and oxygen atoms in total. The molecular weight excluding hydrogens is 372 g/mol. The van der Waals surface area contributed by atoms with Crippen LogP contribution in [0.15, 0.2) is 54.7 Å². The molecule has 0 radical (unpaired) electrons. The largest absolute Gasteiger partial charge is 0.451 e. The van der Waals surface area contributed by atoms with Crippen LogP contribution in [0, 0.1) is 0 Å². The lowest BCUT2D eigenvalue weighted by Gasteiger charge is -2.32.